The Kier molecular flexibility index (Phi) is 5.30. The van der Waals surface area contributed by atoms with Crippen molar-refractivity contribution < 1.29 is 18.7 Å². The minimum atomic E-state index is -0.574. The molecule has 2 amide bonds. The van der Waals surface area contributed by atoms with Crippen LogP contribution in [0.1, 0.15) is 22.8 Å². The number of carbonyl (C=O) groups excluding carboxylic acids is 2. The number of benzene rings is 2. The number of halogens is 1. The molecule has 0 radical (unpaired) electrons. The van der Waals surface area contributed by atoms with Gasteiger partial charge >= 0.3 is 12.0 Å². The molecule has 0 fully saturated rings. The van der Waals surface area contributed by atoms with Crippen molar-refractivity contribution in [2.75, 3.05) is 17.2 Å². The molecule has 2 aromatic carbocycles. The number of para-hydroxylation sites is 1. The Bertz CT molecular complexity index is 732. The van der Waals surface area contributed by atoms with Crippen molar-refractivity contribution in [3.05, 3.63) is 59.4 Å². The number of carbonyl (C=O) groups is 2. The maximum absolute atomic E-state index is 13.5. The number of amides is 2. The number of hydrogen-bond acceptors (Lipinski definition) is 3. The number of nitrogens with one attached hydrogen (secondary N) is 2. The normalized spacial score (nSPS) is 10.0. The van der Waals surface area contributed by atoms with Crippen molar-refractivity contribution in [2.24, 2.45) is 0 Å². The van der Waals surface area contributed by atoms with Crippen molar-refractivity contribution in [1.82, 2.24) is 0 Å². The number of rotatable bonds is 4. The molecule has 120 valence electrons. The third-order valence-corrected chi connectivity index (χ3v) is 3.19. The van der Waals surface area contributed by atoms with Gasteiger partial charge in [-0.25, -0.2) is 14.0 Å². The highest BCUT2D eigenvalue weighted by molar-refractivity contribution is 6.05. The van der Waals surface area contributed by atoms with Crippen LogP contribution in [0.3, 0.4) is 0 Å². The maximum Gasteiger partial charge on any atom is 0.340 e. The molecule has 0 saturated heterocycles. The molecule has 0 spiro atoms. The lowest BCUT2D eigenvalue weighted by Crippen LogP contribution is -2.22. The zero-order valence-corrected chi connectivity index (χ0v) is 12.9. The summed E-state index contributed by atoms with van der Waals surface area (Å²) in [4.78, 5) is 23.9. The molecular weight excluding hydrogens is 299 g/mol. The van der Waals surface area contributed by atoms with Crippen LogP contribution in [0.15, 0.2) is 42.5 Å². The van der Waals surface area contributed by atoms with Crippen molar-refractivity contribution in [3.63, 3.8) is 0 Å². The molecule has 2 rings (SSSR count). The van der Waals surface area contributed by atoms with E-state index in [9.17, 15) is 14.0 Å². The summed E-state index contributed by atoms with van der Waals surface area (Å²) >= 11 is 0. The Morgan fingerprint density at radius 1 is 1.04 bits per heavy atom. The standard InChI is InChI=1S/C17H17FN2O3/c1-3-23-16(21)12-7-4-5-9-15(12)20-17(22)19-14-10-6-8-13(18)11(14)2/h4-10H,3H2,1-2H3,(H2,19,20,22). The molecule has 0 atom stereocenters. The summed E-state index contributed by atoms with van der Waals surface area (Å²) in [5, 5.41) is 5.13. The van der Waals surface area contributed by atoms with Crippen LogP contribution in [0.5, 0.6) is 0 Å². The van der Waals surface area contributed by atoms with E-state index >= 15 is 0 Å². The molecule has 5 nitrogen and oxygen atoms in total. The van der Waals surface area contributed by atoms with Crippen LogP contribution in [0.25, 0.3) is 0 Å². The van der Waals surface area contributed by atoms with Crippen LogP contribution >= 0.6 is 0 Å². The van der Waals surface area contributed by atoms with Gasteiger partial charge in [-0.2, -0.15) is 0 Å². The predicted octanol–water partition coefficient (Wildman–Crippen LogP) is 3.95. The Balaban J connectivity index is 2.15. The zero-order chi connectivity index (χ0) is 16.8. The van der Waals surface area contributed by atoms with Gasteiger partial charge in [0.05, 0.1) is 17.9 Å². The fourth-order valence-electron chi connectivity index (χ4n) is 2.00. The van der Waals surface area contributed by atoms with E-state index in [1.165, 1.54) is 12.1 Å². The topological polar surface area (TPSA) is 67.4 Å². The molecule has 0 saturated carbocycles. The predicted molar refractivity (Wildman–Crippen MR) is 86.2 cm³/mol. The second-order valence-corrected chi connectivity index (χ2v) is 4.76. The third kappa shape index (κ3) is 4.06. The maximum atomic E-state index is 13.5. The van der Waals surface area contributed by atoms with Gasteiger partial charge in [0.15, 0.2) is 0 Å². The van der Waals surface area contributed by atoms with Crippen molar-refractivity contribution in [3.8, 4) is 0 Å². The Morgan fingerprint density at radius 2 is 1.70 bits per heavy atom. The van der Waals surface area contributed by atoms with E-state index in [4.69, 9.17) is 4.74 Å². The quantitative estimate of drug-likeness (QED) is 0.839. The van der Waals surface area contributed by atoms with E-state index in [-0.39, 0.29) is 12.2 Å². The van der Waals surface area contributed by atoms with Crippen LogP contribution in [-0.2, 0) is 4.74 Å². The highest BCUT2D eigenvalue weighted by atomic mass is 19.1. The van der Waals surface area contributed by atoms with Gasteiger partial charge in [-0.15, -0.1) is 0 Å². The second kappa shape index (κ2) is 7.40. The molecule has 2 N–H and O–H groups in total. The number of anilines is 2. The van der Waals surface area contributed by atoms with E-state index in [1.807, 2.05) is 0 Å². The van der Waals surface area contributed by atoms with Gasteiger partial charge in [0.2, 0.25) is 0 Å². The largest absolute Gasteiger partial charge is 0.462 e. The summed E-state index contributed by atoms with van der Waals surface area (Å²) in [6, 6.07) is 10.3. The molecule has 0 unspecified atom stereocenters. The Labute approximate surface area is 133 Å². The molecule has 23 heavy (non-hydrogen) atoms. The first-order valence-electron chi connectivity index (χ1n) is 7.12. The number of urea groups is 1. The molecule has 0 aromatic heterocycles. The summed E-state index contributed by atoms with van der Waals surface area (Å²) in [6.07, 6.45) is 0. The summed E-state index contributed by atoms with van der Waals surface area (Å²) in [7, 11) is 0. The SMILES string of the molecule is CCOC(=O)c1ccccc1NC(=O)Nc1cccc(F)c1C. The molecule has 0 aliphatic rings. The van der Waals surface area contributed by atoms with Crippen molar-refractivity contribution in [1.29, 1.82) is 0 Å². The molecule has 0 aliphatic carbocycles. The molecule has 2 aromatic rings. The lowest BCUT2D eigenvalue weighted by Gasteiger charge is -2.12. The fraction of sp³-hybridized carbons (Fsp3) is 0.176. The van der Waals surface area contributed by atoms with Crippen LogP contribution < -0.4 is 10.6 Å². The monoisotopic (exact) mass is 316 g/mol. The van der Waals surface area contributed by atoms with Gasteiger partial charge in [-0.1, -0.05) is 18.2 Å². The van der Waals surface area contributed by atoms with E-state index in [1.54, 1.807) is 44.2 Å². The van der Waals surface area contributed by atoms with E-state index in [0.29, 0.717) is 16.9 Å². The van der Waals surface area contributed by atoms with Crippen LogP contribution in [0, 0.1) is 12.7 Å². The molecule has 0 bridgehead atoms. The van der Waals surface area contributed by atoms with Gasteiger partial charge in [-0.3, -0.25) is 0 Å². The third-order valence-electron chi connectivity index (χ3n) is 3.19. The van der Waals surface area contributed by atoms with Crippen molar-refractivity contribution in [2.45, 2.75) is 13.8 Å². The summed E-state index contributed by atoms with van der Waals surface area (Å²) < 4.78 is 18.4. The molecule has 0 aliphatic heterocycles. The van der Waals surface area contributed by atoms with Gasteiger partial charge < -0.3 is 15.4 Å². The van der Waals surface area contributed by atoms with E-state index in [2.05, 4.69) is 10.6 Å². The van der Waals surface area contributed by atoms with Crippen LogP contribution in [0.4, 0.5) is 20.6 Å². The molecule has 6 heteroatoms. The zero-order valence-electron chi connectivity index (χ0n) is 12.9. The van der Waals surface area contributed by atoms with Gasteiger partial charge in [0, 0.05) is 11.3 Å². The number of hydrogen-bond donors (Lipinski definition) is 2. The highest BCUT2D eigenvalue weighted by Crippen LogP contribution is 2.19. The highest BCUT2D eigenvalue weighted by Gasteiger charge is 2.14. The average molecular weight is 316 g/mol. The number of esters is 1. The summed E-state index contributed by atoms with van der Waals surface area (Å²) in [6.45, 7) is 3.51. The first-order chi connectivity index (χ1) is 11.0. The Morgan fingerprint density at radius 3 is 2.43 bits per heavy atom. The minimum Gasteiger partial charge on any atom is -0.462 e. The first kappa shape index (κ1) is 16.5. The molecule has 0 heterocycles. The van der Waals surface area contributed by atoms with E-state index < -0.39 is 17.8 Å². The summed E-state index contributed by atoms with van der Waals surface area (Å²) in [5.74, 6) is -0.931. The van der Waals surface area contributed by atoms with Crippen molar-refractivity contribution >= 4 is 23.4 Å². The van der Waals surface area contributed by atoms with E-state index in [0.717, 1.165) is 0 Å². The lowest BCUT2D eigenvalue weighted by molar-refractivity contribution is 0.0527. The Hall–Kier alpha value is -2.89. The van der Waals surface area contributed by atoms with Gasteiger partial charge in [-0.05, 0) is 38.1 Å². The molecular formula is C17H17FN2O3. The van der Waals surface area contributed by atoms with Gasteiger partial charge in [0.25, 0.3) is 0 Å². The minimum absolute atomic E-state index is 0.238. The van der Waals surface area contributed by atoms with Crippen LogP contribution in [0.2, 0.25) is 0 Å². The lowest BCUT2D eigenvalue weighted by atomic mass is 10.2. The second-order valence-electron chi connectivity index (χ2n) is 4.76. The van der Waals surface area contributed by atoms with Gasteiger partial charge in [0.1, 0.15) is 5.82 Å². The smallest absolute Gasteiger partial charge is 0.340 e. The van der Waals surface area contributed by atoms with Crippen LogP contribution in [-0.4, -0.2) is 18.6 Å². The number of ether oxygens (including phenoxy) is 1. The summed E-state index contributed by atoms with van der Waals surface area (Å²) in [5.41, 5.74) is 1.26. The average Bonchev–Trinajstić information content (AvgIpc) is 2.52. The fourth-order valence-corrected chi connectivity index (χ4v) is 2.00. The first-order valence-corrected chi connectivity index (χ1v) is 7.12.